The molecule has 2 aliphatic heterocycles. The maximum absolute atomic E-state index is 11.8. The molecule has 6 heteroatoms. The van der Waals surface area contributed by atoms with Crippen LogP contribution in [0.25, 0.3) is 88.6 Å². The van der Waals surface area contributed by atoms with Crippen LogP contribution in [0.2, 0.25) is 0 Å². The molecule has 0 bridgehead atoms. The van der Waals surface area contributed by atoms with E-state index in [2.05, 4.69) is 221 Å². The lowest BCUT2D eigenvalue weighted by Gasteiger charge is -2.29. The molecule has 2 aliphatic rings. The van der Waals surface area contributed by atoms with Gasteiger partial charge >= 0.3 is 0 Å². The van der Waals surface area contributed by atoms with Crippen LogP contribution in [-0.2, 0) is 10.8 Å². The van der Waals surface area contributed by atoms with Crippen molar-refractivity contribution in [1.82, 2.24) is 19.1 Å². The van der Waals surface area contributed by atoms with Gasteiger partial charge in [0, 0.05) is 33.9 Å². The lowest BCUT2D eigenvalue weighted by Crippen LogP contribution is -2.71. The van der Waals surface area contributed by atoms with Gasteiger partial charge in [0.25, 0.3) is 0 Å². The lowest BCUT2D eigenvalue weighted by atomic mass is 9.86. The van der Waals surface area contributed by atoms with Gasteiger partial charge in [-0.3, -0.25) is 9.97 Å². The number of pyridine rings is 2. The molecule has 67 heavy (non-hydrogen) atoms. The van der Waals surface area contributed by atoms with E-state index in [0.717, 1.165) is 66.7 Å². The Morgan fingerprint density at radius 1 is 0.448 bits per heavy atom. The number of fused-ring (bicyclic) bond motifs is 16. The highest BCUT2D eigenvalue weighted by atomic mass is 28.3. The highest BCUT2D eigenvalue weighted by Crippen LogP contribution is 2.44. The molecule has 7 aromatic carbocycles. The zero-order chi connectivity index (χ0) is 45.6. The molecule has 1 spiro atoms. The van der Waals surface area contributed by atoms with E-state index in [0.29, 0.717) is 5.56 Å². The molecule has 0 saturated heterocycles. The number of benzene rings is 7. The van der Waals surface area contributed by atoms with Crippen molar-refractivity contribution in [3.05, 3.63) is 193 Å². The normalized spacial score (nSPS) is 13.6. The second-order valence-corrected chi connectivity index (χ2v) is 24.1. The Kier molecular flexibility index (Phi) is 8.16. The van der Waals surface area contributed by atoms with E-state index >= 15 is 0 Å². The zero-order valence-electron chi connectivity index (χ0n) is 38.5. The number of nitriles is 1. The first-order valence-electron chi connectivity index (χ1n) is 23.3. The number of para-hydroxylation sites is 2. The maximum atomic E-state index is 11.8. The van der Waals surface area contributed by atoms with Gasteiger partial charge in [-0.2, -0.15) is 5.26 Å². The number of hydrogen-bond acceptors (Lipinski definition) is 3. The molecule has 6 heterocycles. The molecule has 0 radical (unpaired) electrons. The Balaban J connectivity index is 1.20. The minimum absolute atomic E-state index is 0.0423. The topological polar surface area (TPSA) is 59.4 Å². The largest absolute Gasteiger partial charge is 0.308 e. The number of aromatic nitrogens is 4. The second-order valence-electron chi connectivity index (χ2n) is 20.5. The Labute approximate surface area is 391 Å². The van der Waals surface area contributed by atoms with Gasteiger partial charge in [0.15, 0.2) is 8.07 Å². The van der Waals surface area contributed by atoms with Crippen molar-refractivity contribution in [2.45, 2.75) is 52.4 Å². The molecular formula is C61H47N5Si. The van der Waals surface area contributed by atoms with Crippen molar-refractivity contribution in [3.8, 4) is 51.1 Å². The molecular weight excluding hydrogens is 831 g/mol. The van der Waals surface area contributed by atoms with Crippen molar-refractivity contribution in [3.63, 3.8) is 0 Å². The predicted octanol–water partition coefficient (Wildman–Crippen LogP) is 12.1. The summed E-state index contributed by atoms with van der Waals surface area (Å²) >= 11 is 0. The summed E-state index contributed by atoms with van der Waals surface area (Å²) in [5.74, 6) is 0. The fraction of sp³-hybridized carbons (Fsp3) is 0.131. The second kappa shape index (κ2) is 13.8. The van der Waals surface area contributed by atoms with Crippen molar-refractivity contribution in [2.24, 2.45) is 0 Å². The summed E-state index contributed by atoms with van der Waals surface area (Å²) in [6.07, 6.45) is 3.81. The average Bonchev–Trinajstić information content (AvgIpc) is 4.05. The minimum atomic E-state index is -3.00. The molecule has 0 fully saturated rings. The van der Waals surface area contributed by atoms with Gasteiger partial charge in [-0.25, -0.2) is 0 Å². The van der Waals surface area contributed by atoms with Gasteiger partial charge < -0.3 is 9.13 Å². The van der Waals surface area contributed by atoms with E-state index in [-0.39, 0.29) is 10.8 Å². The molecule has 5 nitrogen and oxygen atoms in total. The van der Waals surface area contributed by atoms with E-state index in [9.17, 15) is 5.26 Å². The maximum Gasteiger partial charge on any atom is 0.186 e. The summed E-state index contributed by atoms with van der Waals surface area (Å²) in [7, 11) is -3.00. The molecule has 0 N–H and O–H groups in total. The van der Waals surface area contributed by atoms with Crippen LogP contribution in [0, 0.1) is 11.3 Å². The standard InChI is InChI=1S/C61H47N5Si/c1-60(2,3)38-26-28-50-45(34-38)41-16-7-10-21-48(41)65(50)52-32-37(33-53(47(52)36-62)66-49-22-11-8-17-42(49)46-35-39(61(4,5)6)27-29-51(46)66)40-19-13-20-44-43-18-9-12-23-54(43)67(59(40)44)55-24-14-30-63-57(55)58-56(67)25-15-31-64-58/h7-35H,1-6H3. The van der Waals surface area contributed by atoms with Crippen LogP contribution in [0.3, 0.4) is 0 Å². The molecule has 4 aromatic heterocycles. The van der Waals surface area contributed by atoms with Crippen LogP contribution in [0.15, 0.2) is 176 Å². The summed E-state index contributed by atoms with van der Waals surface area (Å²) < 4.78 is 4.71. The molecule has 0 aliphatic carbocycles. The van der Waals surface area contributed by atoms with Crippen molar-refractivity contribution >= 4 is 72.4 Å². The number of nitrogens with zero attached hydrogens (tertiary/aromatic N) is 5. The van der Waals surface area contributed by atoms with Crippen LogP contribution in [0.1, 0.15) is 58.2 Å². The third-order valence-electron chi connectivity index (χ3n) is 14.8. The monoisotopic (exact) mass is 877 g/mol. The van der Waals surface area contributed by atoms with Crippen LogP contribution in [0.5, 0.6) is 0 Å². The van der Waals surface area contributed by atoms with E-state index in [1.807, 2.05) is 12.4 Å². The van der Waals surface area contributed by atoms with Crippen molar-refractivity contribution < 1.29 is 0 Å². The van der Waals surface area contributed by atoms with Crippen molar-refractivity contribution in [2.75, 3.05) is 0 Å². The van der Waals surface area contributed by atoms with E-state index < -0.39 is 8.07 Å². The molecule has 13 rings (SSSR count). The number of hydrogen-bond donors (Lipinski definition) is 0. The highest BCUT2D eigenvalue weighted by molar-refractivity contribution is 7.24. The summed E-state index contributed by atoms with van der Waals surface area (Å²) in [5.41, 5.74) is 15.7. The molecule has 11 aromatic rings. The van der Waals surface area contributed by atoms with E-state index in [4.69, 9.17) is 9.97 Å². The Morgan fingerprint density at radius 2 is 0.910 bits per heavy atom. The first-order chi connectivity index (χ1) is 32.5. The third kappa shape index (κ3) is 5.35. The molecule has 320 valence electrons. The average molecular weight is 878 g/mol. The van der Waals surface area contributed by atoms with Gasteiger partial charge in [-0.05, 0) is 126 Å². The fourth-order valence-corrected chi connectivity index (χ4v) is 17.4. The zero-order valence-corrected chi connectivity index (χ0v) is 39.5. The van der Waals surface area contributed by atoms with Crippen molar-refractivity contribution in [1.29, 1.82) is 5.26 Å². The summed E-state index contributed by atoms with van der Waals surface area (Å²) in [6.45, 7) is 13.6. The van der Waals surface area contributed by atoms with Gasteiger partial charge in [0.1, 0.15) is 11.6 Å². The summed E-state index contributed by atoms with van der Waals surface area (Å²) in [6, 6.07) is 63.3. The summed E-state index contributed by atoms with van der Waals surface area (Å²) in [5, 5.41) is 21.7. The quantitative estimate of drug-likeness (QED) is 0.166. The lowest BCUT2D eigenvalue weighted by molar-refractivity contribution is 0.591. The molecule has 0 saturated carbocycles. The summed E-state index contributed by atoms with van der Waals surface area (Å²) in [4.78, 5) is 10.1. The van der Waals surface area contributed by atoms with Gasteiger partial charge in [0.05, 0.1) is 44.8 Å². The molecule has 0 unspecified atom stereocenters. The fourth-order valence-electron chi connectivity index (χ4n) is 11.7. The van der Waals surface area contributed by atoms with Gasteiger partial charge in [-0.1, -0.05) is 145 Å². The third-order valence-corrected chi connectivity index (χ3v) is 19.7. The highest BCUT2D eigenvalue weighted by Gasteiger charge is 2.56. The first kappa shape index (κ1) is 39.5. The molecule has 0 amide bonds. The first-order valence-corrected chi connectivity index (χ1v) is 25.3. The van der Waals surface area contributed by atoms with E-state index in [1.165, 1.54) is 53.8 Å². The van der Waals surface area contributed by atoms with Gasteiger partial charge in [-0.15, -0.1) is 0 Å². The molecule has 0 atom stereocenters. The predicted molar refractivity (Wildman–Crippen MR) is 280 cm³/mol. The van der Waals surface area contributed by atoms with E-state index in [1.54, 1.807) is 0 Å². The van der Waals surface area contributed by atoms with Crippen LogP contribution in [-0.4, -0.2) is 27.2 Å². The number of rotatable bonds is 3. The smallest absolute Gasteiger partial charge is 0.186 e. The van der Waals surface area contributed by atoms with Crippen LogP contribution >= 0.6 is 0 Å². The minimum Gasteiger partial charge on any atom is -0.308 e. The Morgan fingerprint density at radius 3 is 1.45 bits per heavy atom. The SMILES string of the molecule is CC(C)(C)c1ccc2c(c1)c1ccccc1n2-c1cc(-c2cccc3c2[Si]2(c4ccccc4-3)c3cccnc3-c3ncccc32)cc(-n2c3ccccc3c3cc(C(C)(C)C)ccc32)c1C#N. The van der Waals surface area contributed by atoms with Crippen LogP contribution in [0.4, 0.5) is 0 Å². The van der Waals surface area contributed by atoms with Gasteiger partial charge in [0.2, 0.25) is 0 Å². The Hall–Kier alpha value is -7.85. The Bertz CT molecular complexity index is 3760. The van der Waals surface area contributed by atoms with Crippen LogP contribution < -0.4 is 20.7 Å².